The minimum absolute atomic E-state index is 0.132. The first-order valence-corrected chi connectivity index (χ1v) is 9.88. The van der Waals surface area contributed by atoms with Crippen LogP contribution in [0, 0.1) is 0 Å². The summed E-state index contributed by atoms with van der Waals surface area (Å²) in [5, 5.41) is 5.79. The lowest BCUT2D eigenvalue weighted by molar-refractivity contribution is -0.862. The van der Waals surface area contributed by atoms with E-state index in [2.05, 4.69) is 10.6 Å². The van der Waals surface area contributed by atoms with E-state index < -0.39 is 0 Å². The van der Waals surface area contributed by atoms with Gasteiger partial charge in [-0.15, -0.1) is 0 Å². The van der Waals surface area contributed by atoms with Gasteiger partial charge in [-0.25, -0.2) is 0 Å². The zero-order chi connectivity index (χ0) is 21.5. The van der Waals surface area contributed by atoms with Gasteiger partial charge in [-0.05, 0) is 48.9 Å². The van der Waals surface area contributed by atoms with Crippen molar-refractivity contribution in [3.05, 3.63) is 48.0 Å². The third kappa shape index (κ3) is 5.87. The number of fused-ring (bicyclic) bond motifs is 1. The fraction of sp³-hybridized carbons (Fsp3) is 0.364. The summed E-state index contributed by atoms with van der Waals surface area (Å²) >= 11 is 0. The molecule has 30 heavy (non-hydrogen) atoms. The van der Waals surface area contributed by atoms with Crippen LogP contribution in [0.15, 0.2) is 42.5 Å². The second-order valence-electron chi connectivity index (χ2n) is 7.28. The monoisotopic (exact) mass is 414 g/mol. The number of methoxy groups -OCH3 is 1. The smallest absolute Gasteiger partial charge is 0.279 e. The topological polar surface area (TPSA) is 90.3 Å². The van der Waals surface area contributed by atoms with Crippen molar-refractivity contribution in [2.45, 2.75) is 13.0 Å². The number of hydrogen-bond donors (Lipinski definition) is 3. The predicted molar refractivity (Wildman–Crippen MR) is 112 cm³/mol. The van der Waals surface area contributed by atoms with Gasteiger partial charge in [-0.2, -0.15) is 0 Å². The van der Waals surface area contributed by atoms with Crippen LogP contribution in [0.4, 0.5) is 5.69 Å². The van der Waals surface area contributed by atoms with Crippen LogP contribution < -0.4 is 29.7 Å². The van der Waals surface area contributed by atoms with Crippen molar-refractivity contribution in [3.63, 3.8) is 0 Å². The van der Waals surface area contributed by atoms with Crippen LogP contribution in [0.2, 0.25) is 0 Å². The second-order valence-corrected chi connectivity index (χ2v) is 7.28. The minimum atomic E-state index is -0.186. The van der Waals surface area contributed by atoms with Gasteiger partial charge in [-0.1, -0.05) is 6.07 Å². The molecule has 8 heteroatoms. The summed E-state index contributed by atoms with van der Waals surface area (Å²) in [7, 11) is 3.40. The maximum absolute atomic E-state index is 12.4. The van der Waals surface area contributed by atoms with Crippen molar-refractivity contribution in [1.29, 1.82) is 0 Å². The fourth-order valence-corrected chi connectivity index (χ4v) is 3.20. The van der Waals surface area contributed by atoms with E-state index in [0.717, 1.165) is 22.0 Å². The molecule has 0 aromatic heterocycles. The molecule has 0 radical (unpaired) electrons. The number of likely N-dealkylation sites (N-methyl/N-ethyl adjacent to an activating group) is 1. The lowest BCUT2D eigenvalue weighted by Crippen LogP contribution is -3.11. The van der Waals surface area contributed by atoms with Crippen molar-refractivity contribution in [1.82, 2.24) is 5.32 Å². The highest BCUT2D eigenvalue weighted by molar-refractivity contribution is 5.91. The number of ether oxygens (including phenoxy) is 3. The number of nitrogens with one attached hydrogen (secondary N) is 3. The van der Waals surface area contributed by atoms with Gasteiger partial charge in [0.25, 0.3) is 11.8 Å². The molecule has 2 atom stereocenters. The summed E-state index contributed by atoms with van der Waals surface area (Å²) in [6, 6.07) is 12.6. The van der Waals surface area contributed by atoms with Crippen molar-refractivity contribution in [3.8, 4) is 17.2 Å². The van der Waals surface area contributed by atoms with Crippen LogP contribution >= 0.6 is 0 Å². The Bertz CT molecular complexity index is 885. The van der Waals surface area contributed by atoms with Crippen LogP contribution in [-0.4, -0.2) is 52.3 Å². The zero-order valence-electron chi connectivity index (χ0n) is 17.5. The molecule has 3 N–H and O–H groups in total. The highest BCUT2D eigenvalue weighted by atomic mass is 16.6. The van der Waals surface area contributed by atoms with E-state index in [1.807, 2.05) is 32.2 Å². The maximum atomic E-state index is 12.4. The van der Waals surface area contributed by atoms with Gasteiger partial charge in [0, 0.05) is 5.69 Å². The summed E-state index contributed by atoms with van der Waals surface area (Å²) in [6.07, 6.45) is 0. The largest absolute Gasteiger partial charge is 0.497 e. The van der Waals surface area contributed by atoms with E-state index in [1.54, 1.807) is 31.4 Å². The van der Waals surface area contributed by atoms with E-state index in [9.17, 15) is 9.59 Å². The van der Waals surface area contributed by atoms with Crippen LogP contribution in [-0.2, 0) is 9.59 Å². The molecule has 0 spiro atoms. The normalized spacial score (nSPS) is 14.4. The van der Waals surface area contributed by atoms with Gasteiger partial charge in [0.2, 0.25) is 0 Å². The van der Waals surface area contributed by atoms with Crippen LogP contribution in [0.1, 0.15) is 18.5 Å². The van der Waals surface area contributed by atoms with Gasteiger partial charge in [0.05, 0.1) is 20.2 Å². The van der Waals surface area contributed by atoms with Gasteiger partial charge in [0.1, 0.15) is 19.0 Å². The van der Waals surface area contributed by atoms with Gasteiger partial charge >= 0.3 is 0 Å². The predicted octanol–water partition coefficient (Wildman–Crippen LogP) is 0.797. The first kappa shape index (κ1) is 21.4. The molecule has 0 aliphatic carbocycles. The Balaban J connectivity index is 1.45. The van der Waals surface area contributed by atoms with Crippen molar-refractivity contribution >= 4 is 17.5 Å². The Kier molecular flexibility index (Phi) is 7.13. The SMILES string of the molecule is COc1ccc(NC(=O)C[NH+](C)CC(=O)N[C@@H](C)c2ccc3c(c2)OCCO3)cc1. The van der Waals surface area contributed by atoms with Gasteiger partial charge < -0.3 is 29.7 Å². The average Bonchev–Trinajstić information content (AvgIpc) is 2.73. The lowest BCUT2D eigenvalue weighted by Gasteiger charge is -2.21. The molecule has 8 nitrogen and oxygen atoms in total. The Morgan fingerprint density at radius 2 is 1.70 bits per heavy atom. The summed E-state index contributed by atoms with van der Waals surface area (Å²) in [5.41, 5.74) is 1.62. The first-order chi connectivity index (χ1) is 14.4. The molecule has 1 heterocycles. The summed E-state index contributed by atoms with van der Waals surface area (Å²) < 4.78 is 16.2. The number of quaternary nitrogens is 1. The van der Waals surface area contributed by atoms with Crippen molar-refractivity contribution < 1.29 is 28.7 Å². The summed E-state index contributed by atoms with van der Waals surface area (Å²) in [4.78, 5) is 25.4. The van der Waals surface area contributed by atoms with Crippen LogP contribution in [0.25, 0.3) is 0 Å². The number of carbonyl (C=O) groups is 2. The lowest BCUT2D eigenvalue weighted by atomic mass is 10.1. The van der Waals surface area contributed by atoms with Crippen molar-refractivity contribution in [2.75, 3.05) is 45.8 Å². The average molecular weight is 414 g/mol. The molecule has 0 saturated carbocycles. The molecular weight excluding hydrogens is 386 g/mol. The molecule has 1 unspecified atom stereocenters. The maximum Gasteiger partial charge on any atom is 0.279 e. The van der Waals surface area contributed by atoms with Gasteiger partial charge in [-0.3, -0.25) is 9.59 Å². The third-order valence-corrected chi connectivity index (χ3v) is 4.74. The molecule has 0 saturated heterocycles. The summed E-state index contributed by atoms with van der Waals surface area (Å²) in [5.74, 6) is 1.84. The molecule has 1 aliphatic heterocycles. The van der Waals surface area contributed by atoms with Crippen LogP contribution in [0.5, 0.6) is 17.2 Å². The quantitative estimate of drug-likeness (QED) is 0.595. The van der Waals surface area contributed by atoms with Crippen LogP contribution in [0.3, 0.4) is 0 Å². The van der Waals surface area contributed by atoms with E-state index in [1.165, 1.54) is 0 Å². The second kappa shape index (κ2) is 9.98. The number of amides is 2. The van der Waals surface area contributed by atoms with E-state index >= 15 is 0 Å². The zero-order valence-corrected chi connectivity index (χ0v) is 17.5. The number of rotatable bonds is 8. The molecular formula is C22H28N3O5+. The number of hydrogen-bond acceptors (Lipinski definition) is 5. The molecule has 2 aromatic rings. The molecule has 1 aliphatic rings. The molecule has 2 amide bonds. The van der Waals surface area contributed by atoms with E-state index in [0.29, 0.717) is 24.7 Å². The standard InChI is InChI=1S/C22H27N3O5/c1-15(16-4-9-19-20(12-16)30-11-10-29-19)23-21(26)13-25(2)14-22(27)24-17-5-7-18(28-3)8-6-17/h4-9,12,15H,10-11,13-14H2,1-3H3,(H,23,26)(H,24,27)/p+1/t15-/m0/s1. The number of carbonyl (C=O) groups excluding carboxylic acids is 2. The Morgan fingerprint density at radius 3 is 2.40 bits per heavy atom. The Labute approximate surface area is 176 Å². The highest BCUT2D eigenvalue weighted by Crippen LogP contribution is 2.32. The van der Waals surface area contributed by atoms with E-state index in [4.69, 9.17) is 14.2 Å². The third-order valence-electron chi connectivity index (χ3n) is 4.74. The first-order valence-electron chi connectivity index (χ1n) is 9.88. The Hall–Kier alpha value is -3.26. The minimum Gasteiger partial charge on any atom is -0.497 e. The number of benzene rings is 2. The summed E-state index contributed by atoms with van der Waals surface area (Å²) in [6.45, 7) is 3.33. The molecule has 0 bridgehead atoms. The van der Waals surface area contributed by atoms with Crippen molar-refractivity contribution in [2.24, 2.45) is 0 Å². The van der Waals surface area contributed by atoms with Gasteiger partial charge in [0.15, 0.2) is 24.6 Å². The fourth-order valence-electron chi connectivity index (χ4n) is 3.20. The molecule has 160 valence electrons. The molecule has 3 rings (SSSR count). The molecule has 0 fully saturated rings. The Morgan fingerprint density at radius 1 is 1.03 bits per heavy atom. The highest BCUT2D eigenvalue weighted by Gasteiger charge is 2.18. The molecule has 2 aromatic carbocycles. The number of anilines is 1. The van der Waals surface area contributed by atoms with E-state index in [-0.39, 0.29) is 30.9 Å².